The van der Waals surface area contributed by atoms with Gasteiger partial charge in [-0.05, 0) is 54.1 Å². The van der Waals surface area contributed by atoms with Crippen molar-refractivity contribution in [3.05, 3.63) is 140 Å². The number of rotatable bonds is 2. The van der Waals surface area contributed by atoms with Gasteiger partial charge >= 0.3 is 0 Å². The van der Waals surface area contributed by atoms with Crippen LogP contribution in [0.25, 0.3) is 104 Å². The average Bonchev–Trinajstić information content (AvgIpc) is 3.85. The maximum absolute atomic E-state index is 6.72. The third-order valence-electron chi connectivity index (χ3n) is 9.60. The summed E-state index contributed by atoms with van der Waals surface area (Å²) < 4.78 is 21.7. The number of nitrogens with zero attached hydrogens (tertiary/aromatic N) is 1. The first-order chi connectivity index (χ1) is 22.8. The largest absolute Gasteiger partial charge is 0.456 e. The minimum Gasteiger partial charge on any atom is -0.456 e. The Balaban J connectivity index is 1.20. The number of furan rings is 3. The molecule has 11 aromatic rings. The number of aromatic nitrogens is 1. The quantitative estimate of drug-likeness (QED) is 0.201. The second-order valence-corrected chi connectivity index (χ2v) is 12.1. The molecule has 0 aliphatic rings. The lowest BCUT2D eigenvalue weighted by atomic mass is 10.0. The lowest BCUT2D eigenvalue weighted by molar-refractivity contribution is 0.668. The van der Waals surface area contributed by atoms with Gasteiger partial charge in [0.05, 0.1) is 22.1 Å². The van der Waals surface area contributed by atoms with Crippen LogP contribution in [0.2, 0.25) is 0 Å². The summed E-state index contributed by atoms with van der Waals surface area (Å²) in [4.78, 5) is 0. The van der Waals surface area contributed by atoms with Crippen LogP contribution in [-0.4, -0.2) is 4.57 Å². The van der Waals surface area contributed by atoms with Crippen LogP contribution in [0.4, 0.5) is 0 Å². The highest BCUT2D eigenvalue weighted by Gasteiger charge is 2.21. The number of hydrogen-bond donors (Lipinski definition) is 0. The highest BCUT2D eigenvalue weighted by Crippen LogP contribution is 2.43. The van der Waals surface area contributed by atoms with Crippen molar-refractivity contribution >= 4 is 87.6 Å². The van der Waals surface area contributed by atoms with Crippen LogP contribution in [0.15, 0.2) is 153 Å². The van der Waals surface area contributed by atoms with Crippen molar-refractivity contribution < 1.29 is 13.3 Å². The Hall–Kier alpha value is -6.26. The first-order valence-electron chi connectivity index (χ1n) is 15.5. The Kier molecular flexibility index (Phi) is 4.55. The molecule has 214 valence electrons. The fourth-order valence-corrected chi connectivity index (χ4v) is 7.58. The molecule has 4 heterocycles. The number of para-hydroxylation sites is 4. The monoisotopic (exact) mass is 589 g/mol. The van der Waals surface area contributed by atoms with Gasteiger partial charge in [0.15, 0.2) is 0 Å². The van der Waals surface area contributed by atoms with E-state index in [1.165, 1.54) is 10.8 Å². The number of fused-ring (bicyclic) bond motifs is 12. The third kappa shape index (κ3) is 3.12. The summed E-state index contributed by atoms with van der Waals surface area (Å²) >= 11 is 0. The van der Waals surface area contributed by atoms with E-state index in [0.717, 1.165) is 93.7 Å². The van der Waals surface area contributed by atoms with Crippen LogP contribution < -0.4 is 0 Å². The maximum atomic E-state index is 6.72. The molecule has 0 N–H and O–H groups in total. The minimum atomic E-state index is 0.848. The highest BCUT2D eigenvalue weighted by atomic mass is 16.3. The summed E-state index contributed by atoms with van der Waals surface area (Å²) in [6, 6.07) is 48.8. The molecule has 0 fully saturated rings. The molecule has 4 heteroatoms. The van der Waals surface area contributed by atoms with Gasteiger partial charge in [-0.1, -0.05) is 84.9 Å². The molecule has 0 atom stereocenters. The van der Waals surface area contributed by atoms with Crippen LogP contribution >= 0.6 is 0 Å². The second-order valence-electron chi connectivity index (χ2n) is 12.1. The predicted octanol–water partition coefficient (Wildman–Crippen LogP) is 12.1. The number of benzene rings is 7. The molecule has 46 heavy (non-hydrogen) atoms. The Morgan fingerprint density at radius 3 is 1.87 bits per heavy atom. The van der Waals surface area contributed by atoms with E-state index in [4.69, 9.17) is 13.3 Å². The molecule has 0 saturated carbocycles. The van der Waals surface area contributed by atoms with Crippen molar-refractivity contribution in [1.82, 2.24) is 4.57 Å². The van der Waals surface area contributed by atoms with Gasteiger partial charge in [0, 0.05) is 49.3 Å². The first kappa shape index (κ1) is 24.1. The Morgan fingerprint density at radius 1 is 0.370 bits per heavy atom. The van der Waals surface area contributed by atoms with Crippen LogP contribution in [0.5, 0.6) is 0 Å². The summed E-state index contributed by atoms with van der Waals surface area (Å²) in [5.74, 6) is 0. The first-order valence-corrected chi connectivity index (χ1v) is 15.5. The molecule has 0 radical (unpaired) electrons. The average molecular weight is 590 g/mol. The lowest BCUT2D eigenvalue weighted by Gasteiger charge is -2.09. The van der Waals surface area contributed by atoms with Crippen LogP contribution in [0.1, 0.15) is 0 Å². The summed E-state index contributed by atoms with van der Waals surface area (Å²) in [7, 11) is 0. The molecule has 0 amide bonds. The van der Waals surface area contributed by atoms with Crippen molar-refractivity contribution in [2.45, 2.75) is 0 Å². The topological polar surface area (TPSA) is 44.4 Å². The molecule has 4 nitrogen and oxygen atoms in total. The van der Waals surface area contributed by atoms with E-state index in [0.29, 0.717) is 0 Å². The van der Waals surface area contributed by atoms with Crippen LogP contribution in [0.3, 0.4) is 0 Å². The smallest absolute Gasteiger partial charge is 0.143 e. The third-order valence-corrected chi connectivity index (χ3v) is 9.60. The van der Waals surface area contributed by atoms with Crippen molar-refractivity contribution in [1.29, 1.82) is 0 Å². The molecule has 0 unspecified atom stereocenters. The van der Waals surface area contributed by atoms with Crippen LogP contribution in [-0.2, 0) is 0 Å². The highest BCUT2D eigenvalue weighted by molar-refractivity contribution is 6.20. The molecular weight excluding hydrogens is 566 g/mol. The zero-order valence-corrected chi connectivity index (χ0v) is 24.5. The van der Waals surface area contributed by atoms with E-state index in [9.17, 15) is 0 Å². The fraction of sp³-hybridized carbons (Fsp3) is 0. The van der Waals surface area contributed by atoms with Gasteiger partial charge in [-0.2, -0.15) is 0 Å². The molecule has 11 rings (SSSR count). The normalized spacial score (nSPS) is 12.3. The van der Waals surface area contributed by atoms with E-state index in [1.54, 1.807) is 0 Å². The summed E-state index contributed by atoms with van der Waals surface area (Å²) in [6.07, 6.45) is 0. The molecule has 7 aromatic carbocycles. The van der Waals surface area contributed by atoms with E-state index < -0.39 is 0 Å². The SMILES string of the molecule is c1ccc2c(c1)oc1cc(-c3cccc4c3oc3cccc(-n5c6ccccc6c6cc7c(cc65)oc5ccccc57)c34)ccc12. The fourth-order valence-electron chi connectivity index (χ4n) is 7.58. The summed E-state index contributed by atoms with van der Waals surface area (Å²) in [5.41, 5.74) is 10.7. The van der Waals surface area contributed by atoms with Gasteiger partial charge < -0.3 is 17.8 Å². The molecular formula is C42H23NO3. The van der Waals surface area contributed by atoms with Crippen molar-refractivity contribution in [2.75, 3.05) is 0 Å². The van der Waals surface area contributed by atoms with Gasteiger partial charge in [-0.15, -0.1) is 0 Å². The zero-order valence-electron chi connectivity index (χ0n) is 24.5. The van der Waals surface area contributed by atoms with E-state index in [-0.39, 0.29) is 0 Å². The van der Waals surface area contributed by atoms with Crippen LogP contribution in [0, 0.1) is 0 Å². The zero-order chi connectivity index (χ0) is 29.9. The molecule has 0 aliphatic carbocycles. The van der Waals surface area contributed by atoms with Gasteiger partial charge in [0.25, 0.3) is 0 Å². The Bertz CT molecular complexity index is 3040. The summed E-state index contributed by atoms with van der Waals surface area (Å²) in [6.45, 7) is 0. The Labute approximate surface area is 261 Å². The predicted molar refractivity (Wildman–Crippen MR) is 188 cm³/mol. The molecule has 0 saturated heterocycles. The van der Waals surface area contributed by atoms with E-state index in [1.807, 2.05) is 24.3 Å². The number of hydrogen-bond acceptors (Lipinski definition) is 3. The van der Waals surface area contributed by atoms with Gasteiger partial charge in [0.1, 0.15) is 33.5 Å². The maximum Gasteiger partial charge on any atom is 0.143 e. The molecule has 4 aromatic heterocycles. The molecule has 0 bridgehead atoms. The van der Waals surface area contributed by atoms with Crippen molar-refractivity contribution in [3.63, 3.8) is 0 Å². The van der Waals surface area contributed by atoms with Gasteiger partial charge in [0.2, 0.25) is 0 Å². The second kappa shape index (κ2) is 8.68. The summed E-state index contributed by atoms with van der Waals surface area (Å²) in [5, 5.41) is 9.05. The van der Waals surface area contributed by atoms with E-state index in [2.05, 4.69) is 120 Å². The standard InChI is InChI=1S/C42H23NO3/c1-4-14-33-26(9-1)31-22-32-28-11-3-6-17-37(28)45-40(32)23-35(31)43(33)34-15-8-18-38-41(34)30-13-7-12-25(42(30)46-38)24-19-20-29-27-10-2-5-16-36(27)44-39(29)21-24/h1-23H. The Morgan fingerprint density at radius 2 is 1.02 bits per heavy atom. The van der Waals surface area contributed by atoms with Crippen molar-refractivity contribution in [2.24, 2.45) is 0 Å². The van der Waals surface area contributed by atoms with Gasteiger partial charge in [-0.3, -0.25) is 0 Å². The molecule has 0 aliphatic heterocycles. The minimum absolute atomic E-state index is 0.848. The van der Waals surface area contributed by atoms with Crippen molar-refractivity contribution in [3.8, 4) is 16.8 Å². The van der Waals surface area contributed by atoms with Gasteiger partial charge in [-0.25, -0.2) is 0 Å². The van der Waals surface area contributed by atoms with E-state index >= 15 is 0 Å². The molecule has 0 spiro atoms. The lowest BCUT2D eigenvalue weighted by Crippen LogP contribution is -1.94.